The number of halogens is 3. The van der Waals surface area contributed by atoms with Gasteiger partial charge in [-0.15, -0.1) is 0 Å². The minimum atomic E-state index is -0.536. The second kappa shape index (κ2) is 6.38. The highest BCUT2D eigenvalue weighted by Crippen LogP contribution is 2.39. The lowest BCUT2D eigenvalue weighted by Gasteiger charge is -2.10. The molecule has 0 saturated heterocycles. The van der Waals surface area contributed by atoms with E-state index in [0.29, 0.717) is 15.1 Å². The molecule has 1 unspecified atom stereocenters. The average Bonchev–Trinajstić information content (AvgIpc) is 2.36. The molecule has 0 amide bonds. The van der Waals surface area contributed by atoms with Gasteiger partial charge < -0.3 is 5.11 Å². The van der Waals surface area contributed by atoms with Gasteiger partial charge in [-0.1, -0.05) is 52.6 Å². The van der Waals surface area contributed by atoms with Gasteiger partial charge in [-0.05, 0) is 42.8 Å². The molecule has 0 fully saturated rings. The van der Waals surface area contributed by atoms with Crippen molar-refractivity contribution in [1.29, 1.82) is 0 Å². The van der Waals surface area contributed by atoms with Crippen LogP contribution < -0.4 is 0 Å². The Morgan fingerprint density at radius 2 is 1.68 bits per heavy atom. The summed E-state index contributed by atoms with van der Waals surface area (Å²) in [5, 5.41) is 11.3. The van der Waals surface area contributed by atoms with Crippen molar-refractivity contribution in [2.24, 2.45) is 0 Å². The number of benzene rings is 2. The summed E-state index contributed by atoms with van der Waals surface area (Å²) < 4.78 is 0. The summed E-state index contributed by atoms with van der Waals surface area (Å²) in [5.74, 6) is 0. The average molecular weight is 334 g/mol. The first-order chi connectivity index (χ1) is 8.97. The third kappa shape index (κ3) is 3.80. The fourth-order valence-corrected chi connectivity index (χ4v) is 3.19. The SMILES string of the molecule is CC(O)c1ccc(Sc2cc(Cl)ccc2Cl)c(Cl)c1. The minimum Gasteiger partial charge on any atom is -0.389 e. The lowest BCUT2D eigenvalue weighted by molar-refractivity contribution is 0.199. The fourth-order valence-electron chi connectivity index (χ4n) is 1.53. The standard InChI is InChI=1S/C14H11Cl3OS/c1-8(18)9-2-5-13(12(17)6-9)19-14-7-10(15)3-4-11(14)16/h2-8,18H,1H3. The third-order valence-corrected chi connectivity index (χ3v) is 4.79. The first kappa shape index (κ1) is 15.0. The summed E-state index contributed by atoms with van der Waals surface area (Å²) in [6, 6.07) is 10.8. The first-order valence-electron chi connectivity index (χ1n) is 5.58. The van der Waals surface area contributed by atoms with Crippen molar-refractivity contribution in [2.45, 2.75) is 22.8 Å². The number of aliphatic hydroxyl groups is 1. The molecule has 0 aliphatic rings. The summed E-state index contributed by atoms with van der Waals surface area (Å²) in [6.07, 6.45) is -0.536. The zero-order chi connectivity index (χ0) is 14.0. The second-order valence-electron chi connectivity index (χ2n) is 4.04. The van der Waals surface area contributed by atoms with Crippen LogP contribution in [0, 0.1) is 0 Å². The van der Waals surface area contributed by atoms with E-state index in [0.717, 1.165) is 15.4 Å². The third-order valence-electron chi connectivity index (χ3n) is 2.55. The molecular formula is C14H11Cl3OS. The molecule has 1 nitrogen and oxygen atoms in total. The van der Waals surface area contributed by atoms with Crippen LogP contribution in [0.5, 0.6) is 0 Å². The van der Waals surface area contributed by atoms with Crippen molar-refractivity contribution in [1.82, 2.24) is 0 Å². The number of aliphatic hydroxyl groups excluding tert-OH is 1. The largest absolute Gasteiger partial charge is 0.389 e. The van der Waals surface area contributed by atoms with E-state index in [4.69, 9.17) is 34.8 Å². The van der Waals surface area contributed by atoms with Crippen LogP contribution in [0.3, 0.4) is 0 Å². The van der Waals surface area contributed by atoms with Crippen LogP contribution >= 0.6 is 46.6 Å². The van der Waals surface area contributed by atoms with Crippen LogP contribution in [0.25, 0.3) is 0 Å². The van der Waals surface area contributed by atoms with E-state index in [2.05, 4.69) is 0 Å². The van der Waals surface area contributed by atoms with Gasteiger partial charge in [-0.25, -0.2) is 0 Å². The van der Waals surface area contributed by atoms with Crippen molar-refractivity contribution in [3.05, 3.63) is 57.0 Å². The monoisotopic (exact) mass is 332 g/mol. The zero-order valence-corrected chi connectivity index (χ0v) is 13.1. The normalized spacial score (nSPS) is 12.5. The van der Waals surface area contributed by atoms with Crippen LogP contribution in [0.4, 0.5) is 0 Å². The highest BCUT2D eigenvalue weighted by molar-refractivity contribution is 7.99. The van der Waals surface area contributed by atoms with Gasteiger partial charge in [0.05, 0.1) is 16.1 Å². The van der Waals surface area contributed by atoms with Crippen molar-refractivity contribution >= 4 is 46.6 Å². The molecule has 2 aromatic carbocycles. The summed E-state index contributed by atoms with van der Waals surface area (Å²) in [5.41, 5.74) is 0.784. The molecule has 0 aliphatic carbocycles. The Bertz CT molecular complexity index is 599. The van der Waals surface area contributed by atoms with E-state index >= 15 is 0 Å². The topological polar surface area (TPSA) is 20.2 Å². The molecular weight excluding hydrogens is 323 g/mol. The molecule has 2 aromatic rings. The second-order valence-corrected chi connectivity index (χ2v) is 6.38. The van der Waals surface area contributed by atoms with Crippen molar-refractivity contribution in [2.75, 3.05) is 0 Å². The van der Waals surface area contributed by atoms with E-state index in [1.54, 1.807) is 31.2 Å². The lowest BCUT2D eigenvalue weighted by Crippen LogP contribution is -1.90. The Kier molecular flexibility index (Phi) is 5.04. The smallest absolute Gasteiger partial charge is 0.0762 e. The fraction of sp³-hybridized carbons (Fsp3) is 0.143. The summed E-state index contributed by atoms with van der Waals surface area (Å²) in [6.45, 7) is 1.70. The number of rotatable bonds is 3. The van der Waals surface area contributed by atoms with E-state index in [-0.39, 0.29) is 0 Å². The minimum absolute atomic E-state index is 0.536. The zero-order valence-electron chi connectivity index (χ0n) is 10.0. The van der Waals surface area contributed by atoms with Gasteiger partial charge in [0.2, 0.25) is 0 Å². The Morgan fingerprint density at radius 3 is 2.32 bits per heavy atom. The van der Waals surface area contributed by atoms with Crippen LogP contribution in [-0.4, -0.2) is 5.11 Å². The molecule has 0 bridgehead atoms. The maximum Gasteiger partial charge on any atom is 0.0762 e. The van der Waals surface area contributed by atoms with Gasteiger partial charge in [0, 0.05) is 14.8 Å². The molecule has 0 saturated carbocycles. The van der Waals surface area contributed by atoms with E-state index in [1.807, 2.05) is 12.1 Å². The Labute approximate surface area is 131 Å². The molecule has 1 N–H and O–H groups in total. The molecule has 0 heterocycles. The highest BCUT2D eigenvalue weighted by Gasteiger charge is 2.09. The van der Waals surface area contributed by atoms with Crippen LogP contribution in [0.1, 0.15) is 18.6 Å². The molecule has 0 spiro atoms. The van der Waals surface area contributed by atoms with Crippen molar-refractivity contribution in [3.8, 4) is 0 Å². The lowest BCUT2D eigenvalue weighted by atomic mass is 10.1. The number of hydrogen-bond donors (Lipinski definition) is 1. The molecule has 0 aromatic heterocycles. The van der Waals surface area contributed by atoms with Crippen LogP contribution in [0.2, 0.25) is 15.1 Å². The van der Waals surface area contributed by atoms with Crippen molar-refractivity contribution in [3.63, 3.8) is 0 Å². The van der Waals surface area contributed by atoms with Gasteiger partial charge in [-0.3, -0.25) is 0 Å². The quantitative estimate of drug-likeness (QED) is 0.760. The Balaban J connectivity index is 2.31. The molecule has 100 valence electrons. The molecule has 0 aliphatic heterocycles. The van der Waals surface area contributed by atoms with Gasteiger partial charge in [0.1, 0.15) is 0 Å². The summed E-state index contributed by atoms with van der Waals surface area (Å²) in [7, 11) is 0. The number of hydrogen-bond acceptors (Lipinski definition) is 2. The molecule has 5 heteroatoms. The van der Waals surface area contributed by atoms with Gasteiger partial charge in [0.15, 0.2) is 0 Å². The van der Waals surface area contributed by atoms with Gasteiger partial charge in [0.25, 0.3) is 0 Å². The molecule has 19 heavy (non-hydrogen) atoms. The van der Waals surface area contributed by atoms with Crippen LogP contribution in [-0.2, 0) is 0 Å². The first-order valence-corrected chi connectivity index (χ1v) is 7.53. The maximum absolute atomic E-state index is 9.51. The summed E-state index contributed by atoms with van der Waals surface area (Å²) in [4.78, 5) is 1.72. The highest BCUT2D eigenvalue weighted by atomic mass is 35.5. The van der Waals surface area contributed by atoms with Crippen molar-refractivity contribution < 1.29 is 5.11 Å². The molecule has 2 rings (SSSR count). The van der Waals surface area contributed by atoms with E-state index < -0.39 is 6.10 Å². The van der Waals surface area contributed by atoms with Gasteiger partial charge >= 0.3 is 0 Å². The Morgan fingerprint density at radius 1 is 0.947 bits per heavy atom. The van der Waals surface area contributed by atoms with E-state index in [9.17, 15) is 5.11 Å². The summed E-state index contributed by atoms with van der Waals surface area (Å²) >= 11 is 19.7. The van der Waals surface area contributed by atoms with Crippen LogP contribution in [0.15, 0.2) is 46.2 Å². The predicted octanol–water partition coefficient (Wildman–Crippen LogP) is 5.85. The molecule has 1 atom stereocenters. The maximum atomic E-state index is 9.51. The predicted molar refractivity (Wildman–Crippen MR) is 82.7 cm³/mol. The Hall–Kier alpha value is -0.380. The van der Waals surface area contributed by atoms with E-state index in [1.165, 1.54) is 11.8 Å². The van der Waals surface area contributed by atoms with Gasteiger partial charge in [-0.2, -0.15) is 0 Å². The molecule has 0 radical (unpaired) electrons.